The molecule has 4 heteroatoms. The number of aliphatic hydroxyl groups is 1. The lowest BCUT2D eigenvalue weighted by Crippen LogP contribution is -2.43. The monoisotopic (exact) mass is 114 g/mol. The fraction of sp³-hybridized carbons (Fsp3) is 0.250. The number of hydrazine groups is 1. The summed E-state index contributed by atoms with van der Waals surface area (Å²) in [7, 11) is 0. The summed E-state index contributed by atoms with van der Waals surface area (Å²) < 4.78 is 0. The molecule has 0 aromatic carbocycles. The second-order valence-electron chi connectivity index (χ2n) is 1.44. The lowest BCUT2D eigenvalue weighted by molar-refractivity contribution is -0.128. The van der Waals surface area contributed by atoms with E-state index in [9.17, 15) is 4.79 Å². The molecule has 1 amide bonds. The van der Waals surface area contributed by atoms with Gasteiger partial charge in [-0.1, -0.05) is 0 Å². The van der Waals surface area contributed by atoms with Crippen molar-refractivity contribution in [2.45, 2.75) is 6.10 Å². The predicted molar refractivity (Wildman–Crippen MR) is 26.4 cm³/mol. The number of aliphatic hydroxyl groups excluding tert-OH is 1. The molecule has 0 aromatic rings. The van der Waals surface area contributed by atoms with Crippen LogP contribution >= 0.6 is 0 Å². The largest absolute Gasteiger partial charge is 0.379 e. The Morgan fingerprint density at radius 1 is 1.75 bits per heavy atom. The number of hydrogen-bond donors (Lipinski definition) is 3. The molecule has 1 rings (SSSR count). The third kappa shape index (κ3) is 0.788. The van der Waals surface area contributed by atoms with Crippen LogP contribution in [0, 0.1) is 0 Å². The Morgan fingerprint density at radius 3 is 2.88 bits per heavy atom. The normalized spacial score (nSPS) is 26.6. The Kier molecular flexibility index (Phi) is 1.17. The first-order valence-electron chi connectivity index (χ1n) is 2.21. The van der Waals surface area contributed by atoms with Gasteiger partial charge in [0.2, 0.25) is 0 Å². The Balaban J connectivity index is 2.60. The highest BCUT2D eigenvalue weighted by Crippen LogP contribution is 1.86. The van der Waals surface area contributed by atoms with Crippen molar-refractivity contribution in [2.75, 3.05) is 0 Å². The minimum absolute atomic E-state index is 0.424. The smallest absolute Gasteiger partial charge is 0.271 e. The van der Waals surface area contributed by atoms with Gasteiger partial charge in [-0.3, -0.25) is 10.2 Å². The van der Waals surface area contributed by atoms with Crippen molar-refractivity contribution in [1.29, 1.82) is 0 Å². The van der Waals surface area contributed by atoms with E-state index in [1.807, 2.05) is 0 Å². The molecule has 44 valence electrons. The van der Waals surface area contributed by atoms with Crippen LogP contribution in [0.4, 0.5) is 0 Å². The van der Waals surface area contributed by atoms with Gasteiger partial charge < -0.3 is 10.5 Å². The van der Waals surface area contributed by atoms with Gasteiger partial charge in [-0.05, 0) is 6.08 Å². The van der Waals surface area contributed by atoms with Crippen LogP contribution in [0.25, 0.3) is 0 Å². The molecule has 0 radical (unpaired) electrons. The summed E-state index contributed by atoms with van der Waals surface area (Å²) >= 11 is 0. The molecule has 0 aromatic heterocycles. The van der Waals surface area contributed by atoms with Crippen molar-refractivity contribution in [3.63, 3.8) is 0 Å². The first-order chi connectivity index (χ1) is 3.80. The van der Waals surface area contributed by atoms with Crippen molar-refractivity contribution >= 4 is 5.91 Å². The zero-order valence-electron chi connectivity index (χ0n) is 4.09. The predicted octanol–water partition coefficient (Wildman–Crippen LogP) is -1.50. The summed E-state index contributed by atoms with van der Waals surface area (Å²) in [6.07, 6.45) is 1.83. The number of amides is 1. The molecule has 1 heterocycles. The lowest BCUT2D eigenvalue weighted by Gasteiger charge is -2.11. The maximum atomic E-state index is 10.3. The van der Waals surface area contributed by atoms with Crippen molar-refractivity contribution < 1.29 is 9.90 Å². The summed E-state index contributed by atoms with van der Waals surface area (Å²) in [5, 5.41) is 8.64. The third-order valence-electron chi connectivity index (χ3n) is 0.826. The molecular formula is C4H6N2O2. The van der Waals surface area contributed by atoms with E-state index in [2.05, 4.69) is 10.9 Å². The van der Waals surface area contributed by atoms with Crippen LogP contribution in [-0.4, -0.2) is 17.1 Å². The summed E-state index contributed by atoms with van der Waals surface area (Å²) in [4.78, 5) is 10.3. The zero-order chi connectivity index (χ0) is 5.98. The lowest BCUT2D eigenvalue weighted by atomic mass is 10.3. The molecular weight excluding hydrogens is 108 g/mol. The molecule has 0 aliphatic carbocycles. The summed E-state index contributed by atoms with van der Waals surface area (Å²) in [5.74, 6) is -0.424. The standard InChI is InChI=1S/C4H6N2O2/c7-3-1-2-5-6-4(3)8/h1-3,5,7H,(H,6,8). The summed E-state index contributed by atoms with van der Waals surface area (Å²) in [5.41, 5.74) is 4.63. The number of rotatable bonds is 0. The molecule has 1 aliphatic rings. The number of nitrogens with one attached hydrogen (secondary N) is 2. The van der Waals surface area contributed by atoms with Gasteiger partial charge in [0.15, 0.2) is 6.10 Å². The van der Waals surface area contributed by atoms with E-state index in [-0.39, 0.29) is 0 Å². The van der Waals surface area contributed by atoms with Gasteiger partial charge in [-0.2, -0.15) is 0 Å². The van der Waals surface area contributed by atoms with Gasteiger partial charge in [0, 0.05) is 6.20 Å². The quantitative estimate of drug-likeness (QED) is 0.359. The number of carbonyl (C=O) groups is 1. The second kappa shape index (κ2) is 1.83. The highest BCUT2D eigenvalue weighted by Gasteiger charge is 2.12. The van der Waals surface area contributed by atoms with E-state index in [1.54, 1.807) is 0 Å². The van der Waals surface area contributed by atoms with Crippen LogP contribution < -0.4 is 10.9 Å². The van der Waals surface area contributed by atoms with Crippen LogP contribution in [0.15, 0.2) is 12.3 Å². The molecule has 4 nitrogen and oxygen atoms in total. The zero-order valence-corrected chi connectivity index (χ0v) is 4.09. The van der Waals surface area contributed by atoms with E-state index in [0.29, 0.717) is 0 Å². The Labute approximate surface area is 46.2 Å². The average molecular weight is 114 g/mol. The SMILES string of the molecule is O=C1NNC=CC1O. The van der Waals surface area contributed by atoms with Gasteiger partial charge in [0.1, 0.15) is 0 Å². The summed E-state index contributed by atoms with van der Waals surface area (Å²) in [6.45, 7) is 0. The molecule has 0 fully saturated rings. The van der Waals surface area contributed by atoms with Crippen molar-refractivity contribution in [3.05, 3.63) is 12.3 Å². The molecule has 3 N–H and O–H groups in total. The van der Waals surface area contributed by atoms with Gasteiger partial charge in [0.25, 0.3) is 5.91 Å². The van der Waals surface area contributed by atoms with Gasteiger partial charge in [-0.15, -0.1) is 0 Å². The van der Waals surface area contributed by atoms with E-state index in [0.717, 1.165) is 0 Å². The van der Waals surface area contributed by atoms with Crippen molar-refractivity contribution in [1.82, 2.24) is 10.9 Å². The van der Waals surface area contributed by atoms with E-state index in [4.69, 9.17) is 5.11 Å². The topological polar surface area (TPSA) is 61.4 Å². The van der Waals surface area contributed by atoms with Gasteiger partial charge >= 0.3 is 0 Å². The summed E-state index contributed by atoms with van der Waals surface area (Å²) in [6, 6.07) is 0. The number of hydrogen-bond acceptors (Lipinski definition) is 3. The molecule has 1 atom stereocenters. The van der Waals surface area contributed by atoms with Crippen molar-refractivity contribution in [2.24, 2.45) is 0 Å². The van der Waals surface area contributed by atoms with Crippen LogP contribution in [0.3, 0.4) is 0 Å². The Morgan fingerprint density at radius 2 is 2.50 bits per heavy atom. The third-order valence-corrected chi connectivity index (χ3v) is 0.826. The van der Waals surface area contributed by atoms with Crippen LogP contribution in [-0.2, 0) is 4.79 Å². The average Bonchev–Trinajstić information content (AvgIpc) is 1.77. The van der Waals surface area contributed by atoms with Gasteiger partial charge in [-0.25, -0.2) is 0 Å². The molecule has 0 saturated carbocycles. The maximum absolute atomic E-state index is 10.3. The molecule has 1 unspecified atom stereocenters. The number of carbonyl (C=O) groups excluding carboxylic acids is 1. The first-order valence-corrected chi connectivity index (χ1v) is 2.21. The maximum Gasteiger partial charge on any atom is 0.271 e. The highest BCUT2D eigenvalue weighted by atomic mass is 16.3. The van der Waals surface area contributed by atoms with E-state index in [1.165, 1.54) is 12.3 Å². The Hall–Kier alpha value is -1.03. The molecule has 1 aliphatic heterocycles. The molecule has 0 saturated heterocycles. The Bertz CT molecular complexity index is 132. The minimum atomic E-state index is -0.990. The van der Waals surface area contributed by atoms with E-state index >= 15 is 0 Å². The molecule has 0 bridgehead atoms. The van der Waals surface area contributed by atoms with Crippen molar-refractivity contribution in [3.8, 4) is 0 Å². The van der Waals surface area contributed by atoms with E-state index < -0.39 is 12.0 Å². The molecule has 0 spiro atoms. The van der Waals surface area contributed by atoms with Gasteiger partial charge in [0.05, 0.1) is 0 Å². The second-order valence-corrected chi connectivity index (χ2v) is 1.44. The van der Waals surface area contributed by atoms with Crippen LogP contribution in [0.1, 0.15) is 0 Å². The highest BCUT2D eigenvalue weighted by molar-refractivity contribution is 5.82. The first kappa shape index (κ1) is 5.11. The fourth-order valence-electron chi connectivity index (χ4n) is 0.413. The molecule has 8 heavy (non-hydrogen) atoms. The van der Waals surface area contributed by atoms with Crippen LogP contribution in [0.5, 0.6) is 0 Å². The minimum Gasteiger partial charge on any atom is -0.379 e. The van der Waals surface area contributed by atoms with Crippen LogP contribution in [0.2, 0.25) is 0 Å². The fourth-order valence-corrected chi connectivity index (χ4v) is 0.413.